The number of hydrogen-bond donors (Lipinski definition) is 3. The van der Waals surface area contributed by atoms with Crippen LogP contribution in [0.1, 0.15) is 39.4 Å². The van der Waals surface area contributed by atoms with E-state index in [0.717, 1.165) is 47.0 Å². The second kappa shape index (κ2) is 10.2. The van der Waals surface area contributed by atoms with Crippen molar-refractivity contribution in [3.63, 3.8) is 0 Å². The maximum Gasteiger partial charge on any atom is 0.315 e. The fourth-order valence-corrected chi connectivity index (χ4v) is 3.48. The number of nitrogens with zero attached hydrogens (tertiary/aromatic N) is 3. The number of nitrogen functional groups attached to an aromatic ring is 1. The summed E-state index contributed by atoms with van der Waals surface area (Å²) >= 11 is 0. The summed E-state index contributed by atoms with van der Waals surface area (Å²) in [5.41, 5.74) is 8.87. The van der Waals surface area contributed by atoms with Gasteiger partial charge in [0.15, 0.2) is 5.82 Å². The number of urea groups is 1. The van der Waals surface area contributed by atoms with Crippen molar-refractivity contribution in [2.45, 2.75) is 52.6 Å². The van der Waals surface area contributed by atoms with Crippen LogP contribution in [-0.2, 0) is 17.7 Å². The van der Waals surface area contributed by atoms with Crippen molar-refractivity contribution in [3.8, 4) is 0 Å². The third-order valence-electron chi connectivity index (χ3n) is 4.85. The molecule has 8 nitrogen and oxygen atoms in total. The Morgan fingerprint density at radius 2 is 2.03 bits per heavy atom. The Bertz CT molecular complexity index is 998. The number of carbonyl (C=O) groups is 1. The molecular formula is C22H32N6O2. The Labute approximate surface area is 177 Å². The number of para-hydroxylation sites is 1. The van der Waals surface area contributed by atoms with Gasteiger partial charge in [-0.05, 0) is 26.3 Å². The van der Waals surface area contributed by atoms with Gasteiger partial charge in [0.25, 0.3) is 0 Å². The second-order valence-corrected chi connectivity index (χ2v) is 7.66. The van der Waals surface area contributed by atoms with Gasteiger partial charge in [0.2, 0.25) is 0 Å². The van der Waals surface area contributed by atoms with Gasteiger partial charge in [-0.3, -0.25) is 0 Å². The number of nitrogens with two attached hydrogens (primary N) is 1. The van der Waals surface area contributed by atoms with E-state index in [1.165, 1.54) is 0 Å². The predicted octanol–water partition coefficient (Wildman–Crippen LogP) is 3.23. The molecule has 162 valence electrons. The monoisotopic (exact) mass is 412 g/mol. The fourth-order valence-electron chi connectivity index (χ4n) is 3.48. The van der Waals surface area contributed by atoms with Crippen molar-refractivity contribution in [1.82, 2.24) is 25.2 Å². The molecule has 0 spiro atoms. The molecule has 2 amide bonds. The molecule has 0 atom stereocenters. The van der Waals surface area contributed by atoms with Gasteiger partial charge in [0, 0.05) is 30.9 Å². The summed E-state index contributed by atoms with van der Waals surface area (Å²) in [6.45, 7) is 8.12. The van der Waals surface area contributed by atoms with E-state index in [-0.39, 0.29) is 12.1 Å². The molecule has 0 radical (unpaired) electrons. The minimum Gasteiger partial charge on any atom is -0.382 e. The van der Waals surface area contributed by atoms with E-state index in [1.54, 1.807) is 0 Å². The highest BCUT2D eigenvalue weighted by Crippen LogP contribution is 2.29. The molecule has 0 unspecified atom stereocenters. The van der Waals surface area contributed by atoms with Gasteiger partial charge in [-0.2, -0.15) is 0 Å². The molecule has 0 saturated carbocycles. The molecule has 2 heterocycles. The zero-order valence-corrected chi connectivity index (χ0v) is 18.1. The largest absolute Gasteiger partial charge is 0.382 e. The van der Waals surface area contributed by atoms with Crippen molar-refractivity contribution >= 4 is 33.8 Å². The topological polar surface area (TPSA) is 107 Å². The third kappa shape index (κ3) is 5.18. The first-order valence-corrected chi connectivity index (χ1v) is 10.7. The van der Waals surface area contributed by atoms with Gasteiger partial charge in [0.1, 0.15) is 11.3 Å². The van der Waals surface area contributed by atoms with Gasteiger partial charge >= 0.3 is 6.03 Å². The van der Waals surface area contributed by atoms with Crippen LogP contribution >= 0.6 is 0 Å². The van der Waals surface area contributed by atoms with Crippen molar-refractivity contribution in [2.24, 2.45) is 0 Å². The van der Waals surface area contributed by atoms with E-state index in [9.17, 15) is 4.79 Å². The lowest BCUT2D eigenvalue weighted by Gasteiger charge is -2.12. The number of nitrogens with one attached hydrogen (secondary N) is 2. The average Bonchev–Trinajstić information content (AvgIpc) is 3.08. The molecular weight excluding hydrogens is 380 g/mol. The van der Waals surface area contributed by atoms with Crippen LogP contribution in [0, 0.1) is 0 Å². The summed E-state index contributed by atoms with van der Waals surface area (Å²) in [6.07, 6.45) is 3.04. The normalized spacial score (nSPS) is 11.5. The SMILES string of the molecule is CCCCc1nc2c(N)nc3ccccc3c2n1CCOCCNC(=O)NC(C)C. The van der Waals surface area contributed by atoms with Crippen LogP contribution in [0.5, 0.6) is 0 Å². The zero-order valence-electron chi connectivity index (χ0n) is 18.1. The summed E-state index contributed by atoms with van der Waals surface area (Å²) in [6, 6.07) is 7.93. The third-order valence-corrected chi connectivity index (χ3v) is 4.85. The molecule has 0 fully saturated rings. The standard InChI is InChI=1S/C22H32N6O2/c1-4-5-10-18-27-19-20(16-8-6-7-9-17(16)26-21(19)23)28(18)12-14-30-13-11-24-22(29)25-15(2)3/h6-9,15H,4-5,10-14H2,1-3H3,(H2,23,26)(H2,24,25,29). The van der Waals surface area contributed by atoms with E-state index in [0.29, 0.717) is 32.1 Å². The lowest BCUT2D eigenvalue weighted by Crippen LogP contribution is -2.40. The number of carbonyl (C=O) groups excluding carboxylic acids is 1. The quantitative estimate of drug-likeness (QED) is 0.443. The first-order chi connectivity index (χ1) is 14.5. The van der Waals surface area contributed by atoms with Crippen LogP contribution in [0.4, 0.5) is 10.6 Å². The van der Waals surface area contributed by atoms with Crippen molar-refractivity contribution in [1.29, 1.82) is 0 Å². The number of aromatic nitrogens is 3. The van der Waals surface area contributed by atoms with Gasteiger partial charge in [-0.15, -0.1) is 0 Å². The minimum atomic E-state index is -0.175. The van der Waals surface area contributed by atoms with Crippen LogP contribution in [0.2, 0.25) is 0 Å². The summed E-state index contributed by atoms with van der Waals surface area (Å²) < 4.78 is 7.99. The van der Waals surface area contributed by atoms with Gasteiger partial charge in [0.05, 0.1) is 24.2 Å². The average molecular weight is 413 g/mol. The van der Waals surface area contributed by atoms with Gasteiger partial charge in [-0.1, -0.05) is 31.5 Å². The molecule has 1 aromatic carbocycles. The Balaban J connectivity index is 1.72. The number of imidazole rings is 1. The number of unbranched alkanes of at least 4 members (excludes halogenated alkanes) is 1. The fraction of sp³-hybridized carbons (Fsp3) is 0.500. The number of pyridine rings is 1. The molecule has 0 bridgehead atoms. The Morgan fingerprint density at radius 1 is 1.23 bits per heavy atom. The van der Waals surface area contributed by atoms with E-state index in [2.05, 4.69) is 33.2 Å². The molecule has 0 aliphatic rings. The number of anilines is 1. The van der Waals surface area contributed by atoms with Crippen LogP contribution in [0.25, 0.3) is 21.9 Å². The van der Waals surface area contributed by atoms with E-state index in [4.69, 9.17) is 15.5 Å². The highest BCUT2D eigenvalue weighted by atomic mass is 16.5. The first-order valence-electron chi connectivity index (χ1n) is 10.7. The Hall–Kier alpha value is -2.87. The zero-order chi connectivity index (χ0) is 21.5. The molecule has 0 aliphatic heterocycles. The lowest BCUT2D eigenvalue weighted by molar-refractivity contribution is 0.128. The Morgan fingerprint density at radius 3 is 2.80 bits per heavy atom. The van der Waals surface area contributed by atoms with Crippen LogP contribution in [-0.4, -0.2) is 46.4 Å². The summed E-state index contributed by atoms with van der Waals surface area (Å²) in [4.78, 5) is 21.0. The Kier molecular flexibility index (Phi) is 7.46. The van der Waals surface area contributed by atoms with E-state index >= 15 is 0 Å². The number of ether oxygens (including phenoxy) is 1. The smallest absolute Gasteiger partial charge is 0.315 e. The number of aryl methyl sites for hydroxylation is 1. The predicted molar refractivity (Wildman–Crippen MR) is 121 cm³/mol. The van der Waals surface area contributed by atoms with E-state index < -0.39 is 0 Å². The summed E-state index contributed by atoms with van der Waals surface area (Å²) in [5.74, 6) is 1.47. The minimum absolute atomic E-state index is 0.110. The molecule has 30 heavy (non-hydrogen) atoms. The number of benzene rings is 1. The van der Waals surface area contributed by atoms with Gasteiger partial charge < -0.3 is 25.7 Å². The molecule has 8 heteroatoms. The van der Waals surface area contributed by atoms with Gasteiger partial charge in [-0.25, -0.2) is 14.8 Å². The number of rotatable bonds is 10. The number of fused-ring (bicyclic) bond motifs is 3. The maximum absolute atomic E-state index is 11.6. The molecule has 0 aliphatic carbocycles. The summed E-state index contributed by atoms with van der Waals surface area (Å²) in [5, 5.41) is 6.62. The van der Waals surface area contributed by atoms with E-state index in [1.807, 2.05) is 32.0 Å². The highest BCUT2D eigenvalue weighted by molar-refractivity contribution is 6.06. The van der Waals surface area contributed by atoms with Crippen LogP contribution in [0.3, 0.4) is 0 Å². The van der Waals surface area contributed by atoms with Crippen LogP contribution < -0.4 is 16.4 Å². The van der Waals surface area contributed by atoms with Crippen molar-refractivity contribution in [3.05, 3.63) is 30.1 Å². The number of amides is 2. The maximum atomic E-state index is 11.6. The van der Waals surface area contributed by atoms with Crippen LogP contribution in [0.15, 0.2) is 24.3 Å². The molecule has 4 N–H and O–H groups in total. The second-order valence-electron chi connectivity index (χ2n) is 7.66. The van der Waals surface area contributed by atoms with Crippen molar-refractivity contribution in [2.75, 3.05) is 25.5 Å². The molecule has 2 aromatic heterocycles. The molecule has 3 aromatic rings. The molecule has 3 rings (SSSR count). The summed E-state index contributed by atoms with van der Waals surface area (Å²) in [7, 11) is 0. The van der Waals surface area contributed by atoms with Crippen molar-refractivity contribution < 1.29 is 9.53 Å². The molecule has 0 saturated heterocycles. The number of hydrogen-bond acceptors (Lipinski definition) is 5. The lowest BCUT2D eigenvalue weighted by atomic mass is 10.2. The first kappa shape index (κ1) is 21.8. The highest BCUT2D eigenvalue weighted by Gasteiger charge is 2.16.